The van der Waals surface area contributed by atoms with E-state index in [-0.39, 0.29) is 0 Å². The first-order valence-corrected chi connectivity index (χ1v) is 6.48. The number of hydrogen-bond acceptors (Lipinski definition) is 3. The van der Waals surface area contributed by atoms with E-state index in [0.29, 0.717) is 12.6 Å². The fourth-order valence-electron chi connectivity index (χ4n) is 2.16. The first-order valence-electron chi connectivity index (χ1n) is 6.48. The van der Waals surface area contributed by atoms with Gasteiger partial charge >= 0.3 is 0 Å². The Morgan fingerprint density at radius 3 is 2.56 bits per heavy atom. The van der Waals surface area contributed by atoms with Crippen molar-refractivity contribution in [2.75, 3.05) is 11.9 Å². The van der Waals surface area contributed by atoms with Gasteiger partial charge < -0.3 is 10.6 Å². The molecule has 0 aliphatic carbocycles. The summed E-state index contributed by atoms with van der Waals surface area (Å²) in [6.45, 7) is 4.94. The second-order valence-corrected chi connectivity index (χ2v) is 4.72. The summed E-state index contributed by atoms with van der Waals surface area (Å²) in [5.74, 6) is 1.04. The third-order valence-corrected chi connectivity index (χ3v) is 3.66. The van der Waals surface area contributed by atoms with Crippen LogP contribution in [0.3, 0.4) is 0 Å². The molecule has 3 heteroatoms. The molecule has 1 aromatic carbocycles. The summed E-state index contributed by atoms with van der Waals surface area (Å²) in [6, 6.07) is 8.82. The van der Waals surface area contributed by atoms with Crippen LogP contribution >= 0.6 is 0 Å². The molecule has 0 saturated heterocycles. The number of fused-ring (bicyclic) bond motifs is 1. The minimum absolute atomic E-state index is 0.477. The fourth-order valence-corrected chi connectivity index (χ4v) is 2.16. The van der Waals surface area contributed by atoms with Gasteiger partial charge in [-0.2, -0.15) is 0 Å². The minimum atomic E-state index is 0.477. The number of hydrogen-bond donors (Lipinski definition) is 1. The SMILES string of the molecule is CCC(C)N(C)c1ncc(CN)c2ccccc12. The molecule has 0 fully saturated rings. The first kappa shape index (κ1) is 12.8. The predicted octanol–water partition coefficient (Wildman–Crippen LogP) is 2.93. The van der Waals surface area contributed by atoms with Crippen molar-refractivity contribution in [2.24, 2.45) is 5.73 Å². The molecule has 0 amide bonds. The Balaban J connectivity index is 2.59. The maximum Gasteiger partial charge on any atom is 0.136 e. The molecule has 3 nitrogen and oxygen atoms in total. The van der Waals surface area contributed by atoms with Gasteiger partial charge in [0.25, 0.3) is 0 Å². The van der Waals surface area contributed by atoms with Crippen LogP contribution in [0.1, 0.15) is 25.8 Å². The van der Waals surface area contributed by atoms with Crippen molar-refractivity contribution in [1.29, 1.82) is 0 Å². The molecule has 0 saturated carbocycles. The quantitative estimate of drug-likeness (QED) is 0.897. The molecule has 18 heavy (non-hydrogen) atoms. The largest absolute Gasteiger partial charge is 0.356 e. The van der Waals surface area contributed by atoms with Gasteiger partial charge in [-0.05, 0) is 24.3 Å². The van der Waals surface area contributed by atoms with E-state index >= 15 is 0 Å². The Labute approximate surface area is 109 Å². The van der Waals surface area contributed by atoms with Gasteiger partial charge in [-0.3, -0.25) is 0 Å². The molecule has 0 bridgehead atoms. The van der Waals surface area contributed by atoms with Crippen molar-refractivity contribution in [2.45, 2.75) is 32.9 Å². The van der Waals surface area contributed by atoms with Crippen LogP contribution in [0.5, 0.6) is 0 Å². The highest BCUT2D eigenvalue weighted by molar-refractivity contribution is 5.94. The molecular weight excluding hydrogens is 222 g/mol. The molecule has 96 valence electrons. The van der Waals surface area contributed by atoms with E-state index < -0.39 is 0 Å². The predicted molar refractivity (Wildman–Crippen MR) is 77.8 cm³/mol. The summed E-state index contributed by atoms with van der Waals surface area (Å²) in [4.78, 5) is 6.83. The van der Waals surface area contributed by atoms with E-state index in [2.05, 4.69) is 55.0 Å². The van der Waals surface area contributed by atoms with Crippen LogP contribution in [0.25, 0.3) is 10.8 Å². The zero-order chi connectivity index (χ0) is 13.1. The van der Waals surface area contributed by atoms with Crippen molar-refractivity contribution in [3.05, 3.63) is 36.0 Å². The van der Waals surface area contributed by atoms with Crippen LogP contribution in [0.4, 0.5) is 5.82 Å². The van der Waals surface area contributed by atoms with Crippen molar-refractivity contribution in [3.8, 4) is 0 Å². The van der Waals surface area contributed by atoms with Gasteiger partial charge in [0.1, 0.15) is 5.82 Å². The van der Waals surface area contributed by atoms with Crippen molar-refractivity contribution in [1.82, 2.24) is 4.98 Å². The van der Waals surface area contributed by atoms with Gasteiger partial charge in [-0.15, -0.1) is 0 Å². The van der Waals surface area contributed by atoms with Gasteiger partial charge in [0.15, 0.2) is 0 Å². The molecule has 2 aromatic rings. The maximum absolute atomic E-state index is 5.77. The van der Waals surface area contributed by atoms with Gasteiger partial charge in [-0.1, -0.05) is 31.2 Å². The standard InChI is InChI=1S/C15H21N3/c1-4-11(2)18(3)15-14-8-6-5-7-13(14)12(9-16)10-17-15/h5-8,10-11H,4,9,16H2,1-3H3. The second-order valence-electron chi connectivity index (χ2n) is 4.72. The molecule has 2 N–H and O–H groups in total. The molecule has 2 rings (SSSR count). The molecular formula is C15H21N3. The highest BCUT2D eigenvalue weighted by Gasteiger charge is 2.13. The molecule has 0 aliphatic heterocycles. The third kappa shape index (κ3) is 2.18. The van der Waals surface area contributed by atoms with Crippen LogP contribution in [0.2, 0.25) is 0 Å². The van der Waals surface area contributed by atoms with Crippen molar-refractivity contribution < 1.29 is 0 Å². The summed E-state index contributed by atoms with van der Waals surface area (Å²) in [6.07, 6.45) is 3.00. The van der Waals surface area contributed by atoms with Crippen LogP contribution in [-0.2, 0) is 6.54 Å². The summed E-state index contributed by atoms with van der Waals surface area (Å²) >= 11 is 0. The van der Waals surface area contributed by atoms with Crippen LogP contribution in [0, 0.1) is 0 Å². The zero-order valence-corrected chi connectivity index (χ0v) is 11.4. The molecule has 0 radical (unpaired) electrons. The smallest absolute Gasteiger partial charge is 0.136 e. The van der Waals surface area contributed by atoms with Crippen LogP contribution in [0.15, 0.2) is 30.5 Å². The number of benzene rings is 1. The average molecular weight is 243 g/mol. The fraction of sp³-hybridized carbons (Fsp3) is 0.400. The lowest BCUT2D eigenvalue weighted by atomic mass is 10.1. The zero-order valence-electron chi connectivity index (χ0n) is 11.4. The Kier molecular flexibility index (Phi) is 3.82. The molecule has 1 unspecified atom stereocenters. The molecule has 0 spiro atoms. The maximum atomic E-state index is 5.77. The number of nitrogens with two attached hydrogens (primary N) is 1. The van der Waals surface area contributed by atoms with Crippen LogP contribution < -0.4 is 10.6 Å². The first-order chi connectivity index (χ1) is 8.69. The summed E-state index contributed by atoms with van der Waals surface area (Å²) in [5, 5.41) is 2.39. The van der Waals surface area contributed by atoms with E-state index in [9.17, 15) is 0 Å². The van der Waals surface area contributed by atoms with Crippen LogP contribution in [-0.4, -0.2) is 18.1 Å². The highest BCUT2D eigenvalue weighted by Crippen LogP contribution is 2.27. The lowest BCUT2D eigenvalue weighted by molar-refractivity contribution is 0.659. The van der Waals surface area contributed by atoms with Gasteiger partial charge in [0, 0.05) is 31.2 Å². The van der Waals surface area contributed by atoms with E-state index in [0.717, 1.165) is 17.8 Å². The van der Waals surface area contributed by atoms with Crippen molar-refractivity contribution in [3.63, 3.8) is 0 Å². The Morgan fingerprint density at radius 2 is 1.94 bits per heavy atom. The molecule has 1 aromatic heterocycles. The van der Waals surface area contributed by atoms with E-state index in [1.807, 2.05) is 6.20 Å². The number of pyridine rings is 1. The molecule has 1 atom stereocenters. The Bertz CT molecular complexity index is 536. The normalized spacial score (nSPS) is 12.7. The highest BCUT2D eigenvalue weighted by atomic mass is 15.2. The summed E-state index contributed by atoms with van der Waals surface area (Å²) in [7, 11) is 2.10. The van der Waals surface area contributed by atoms with Gasteiger partial charge in [-0.25, -0.2) is 4.98 Å². The number of nitrogens with zero attached hydrogens (tertiary/aromatic N) is 2. The molecule has 1 heterocycles. The lowest BCUT2D eigenvalue weighted by Crippen LogP contribution is -2.29. The topological polar surface area (TPSA) is 42.2 Å². The van der Waals surface area contributed by atoms with E-state index in [1.54, 1.807) is 0 Å². The summed E-state index contributed by atoms with van der Waals surface area (Å²) in [5.41, 5.74) is 6.88. The second kappa shape index (κ2) is 5.36. The Hall–Kier alpha value is -1.61. The van der Waals surface area contributed by atoms with Gasteiger partial charge in [0.2, 0.25) is 0 Å². The monoisotopic (exact) mass is 243 g/mol. The number of anilines is 1. The van der Waals surface area contributed by atoms with Gasteiger partial charge in [0.05, 0.1) is 0 Å². The minimum Gasteiger partial charge on any atom is -0.356 e. The number of rotatable bonds is 4. The third-order valence-electron chi connectivity index (χ3n) is 3.66. The average Bonchev–Trinajstić information content (AvgIpc) is 2.44. The lowest BCUT2D eigenvalue weighted by Gasteiger charge is -2.26. The number of aromatic nitrogens is 1. The molecule has 0 aliphatic rings. The van der Waals surface area contributed by atoms with Crippen molar-refractivity contribution >= 4 is 16.6 Å². The summed E-state index contributed by atoms with van der Waals surface area (Å²) < 4.78 is 0. The van der Waals surface area contributed by atoms with E-state index in [4.69, 9.17) is 5.73 Å². The Morgan fingerprint density at radius 1 is 1.28 bits per heavy atom. The van der Waals surface area contributed by atoms with E-state index in [1.165, 1.54) is 10.8 Å².